The molecule has 0 heterocycles. The van der Waals surface area contributed by atoms with E-state index in [1.165, 1.54) is 83.6 Å². The summed E-state index contributed by atoms with van der Waals surface area (Å²) in [6, 6.07) is 0. The zero-order valence-corrected chi connectivity index (χ0v) is 14.2. The highest BCUT2D eigenvalue weighted by Gasteiger charge is 1.96. The first kappa shape index (κ1) is 19.0. The lowest BCUT2D eigenvalue weighted by Gasteiger charge is -2.08. The quantitative estimate of drug-likeness (QED) is 0.356. The average molecular weight is 270 g/mol. The number of rotatable bonds is 14. The lowest BCUT2D eigenvalue weighted by atomic mass is 10.0. The van der Waals surface area contributed by atoms with Gasteiger partial charge in [0.15, 0.2) is 0 Å². The van der Waals surface area contributed by atoms with E-state index in [0.717, 1.165) is 5.92 Å². The molecule has 0 aromatic carbocycles. The largest absolute Gasteiger partial charge is 0.309 e. The minimum Gasteiger partial charge on any atom is -0.309 e. The molecule has 0 N–H and O–H groups in total. The molecule has 0 aliphatic heterocycles. The van der Waals surface area contributed by atoms with Gasteiger partial charge in [-0.1, -0.05) is 84.5 Å². The van der Waals surface area contributed by atoms with Crippen molar-refractivity contribution in [1.29, 1.82) is 0 Å². The lowest BCUT2D eigenvalue weighted by Crippen LogP contribution is -2.12. The Kier molecular flexibility index (Phi) is 14.3. The summed E-state index contributed by atoms with van der Waals surface area (Å²) in [5.74, 6) is 0.896. The molecule has 19 heavy (non-hydrogen) atoms. The molecule has 0 aromatic heterocycles. The molecule has 116 valence electrons. The van der Waals surface area contributed by atoms with Crippen LogP contribution in [0, 0.1) is 5.92 Å². The third kappa shape index (κ3) is 18.0. The molecule has 1 nitrogen and oxygen atoms in total. The van der Waals surface area contributed by atoms with Gasteiger partial charge in [0, 0.05) is 0 Å². The van der Waals surface area contributed by atoms with Gasteiger partial charge in [0.25, 0.3) is 0 Å². The Morgan fingerprint density at radius 2 is 0.947 bits per heavy atom. The van der Waals surface area contributed by atoms with Crippen molar-refractivity contribution in [2.45, 2.75) is 90.9 Å². The van der Waals surface area contributed by atoms with Gasteiger partial charge in [-0.15, -0.1) is 0 Å². The SMILES string of the molecule is CC(C)CCCCCCCCCCCCCN(C)C. The van der Waals surface area contributed by atoms with E-state index < -0.39 is 0 Å². The molecule has 0 radical (unpaired) electrons. The first-order valence-corrected chi connectivity index (χ1v) is 8.77. The maximum absolute atomic E-state index is 2.33. The highest BCUT2D eigenvalue weighted by molar-refractivity contribution is 4.51. The highest BCUT2D eigenvalue weighted by Crippen LogP contribution is 2.13. The average Bonchev–Trinajstić information content (AvgIpc) is 2.34. The highest BCUT2D eigenvalue weighted by atomic mass is 15.0. The van der Waals surface area contributed by atoms with Crippen LogP contribution in [0.3, 0.4) is 0 Å². The third-order valence-corrected chi connectivity index (χ3v) is 3.89. The molecule has 0 spiro atoms. The third-order valence-electron chi connectivity index (χ3n) is 3.89. The minimum absolute atomic E-state index is 0.896. The normalized spacial score (nSPS) is 11.7. The summed E-state index contributed by atoms with van der Waals surface area (Å²) < 4.78 is 0. The fraction of sp³-hybridized carbons (Fsp3) is 1.00. The standard InChI is InChI=1S/C18H39N/c1-18(2)16-14-12-10-8-6-5-7-9-11-13-15-17-19(3)4/h18H,5-17H2,1-4H3. The fourth-order valence-corrected chi connectivity index (χ4v) is 2.57. The van der Waals surface area contributed by atoms with Crippen molar-refractivity contribution >= 4 is 0 Å². The van der Waals surface area contributed by atoms with E-state index in [4.69, 9.17) is 0 Å². The van der Waals surface area contributed by atoms with E-state index >= 15 is 0 Å². The summed E-state index contributed by atoms with van der Waals surface area (Å²) in [6.45, 7) is 5.92. The topological polar surface area (TPSA) is 3.24 Å². The maximum atomic E-state index is 2.33. The first-order valence-electron chi connectivity index (χ1n) is 8.77. The van der Waals surface area contributed by atoms with Crippen LogP contribution in [-0.2, 0) is 0 Å². The smallest absolute Gasteiger partial charge is 0.00248 e. The van der Waals surface area contributed by atoms with Crippen LogP contribution in [0.2, 0.25) is 0 Å². The van der Waals surface area contributed by atoms with Crippen molar-refractivity contribution in [1.82, 2.24) is 4.90 Å². The molecule has 0 aromatic rings. The molecule has 0 aliphatic carbocycles. The molecular formula is C18H39N. The second-order valence-electron chi connectivity index (χ2n) is 6.87. The molecule has 0 saturated carbocycles. The van der Waals surface area contributed by atoms with Gasteiger partial charge in [-0.05, 0) is 33.0 Å². The van der Waals surface area contributed by atoms with Crippen LogP contribution in [0.5, 0.6) is 0 Å². The van der Waals surface area contributed by atoms with Gasteiger partial charge in [-0.3, -0.25) is 0 Å². The molecule has 0 atom stereocenters. The molecule has 0 unspecified atom stereocenters. The van der Waals surface area contributed by atoms with Crippen molar-refractivity contribution < 1.29 is 0 Å². The Morgan fingerprint density at radius 3 is 1.32 bits per heavy atom. The summed E-state index contributed by atoms with van der Waals surface area (Å²) in [5.41, 5.74) is 0. The van der Waals surface area contributed by atoms with Gasteiger partial charge in [0.1, 0.15) is 0 Å². The van der Waals surface area contributed by atoms with Crippen LogP contribution in [0.4, 0.5) is 0 Å². The van der Waals surface area contributed by atoms with E-state index in [9.17, 15) is 0 Å². The van der Waals surface area contributed by atoms with E-state index in [1.54, 1.807) is 0 Å². The summed E-state index contributed by atoms with van der Waals surface area (Å²) in [6.07, 6.45) is 17.4. The molecule has 0 fully saturated rings. The Hall–Kier alpha value is -0.0400. The van der Waals surface area contributed by atoms with E-state index in [0.29, 0.717) is 0 Å². The van der Waals surface area contributed by atoms with Crippen LogP contribution in [0.1, 0.15) is 90.9 Å². The molecule has 1 heteroatoms. The Bertz CT molecular complexity index is 145. The van der Waals surface area contributed by atoms with E-state index in [2.05, 4.69) is 32.8 Å². The summed E-state index contributed by atoms with van der Waals surface area (Å²) >= 11 is 0. The van der Waals surface area contributed by atoms with Crippen molar-refractivity contribution in [2.24, 2.45) is 5.92 Å². The van der Waals surface area contributed by atoms with Crippen LogP contribution < -0.4 is 0 Å². The number of hydrogen-bond acceptors (Lipinski definition) is 1. The van der Waals surface area contributed by atoms with E-state index in [1.807, 2.05) is 0 Å². The number of unbranched alkanes of at least 4 members (excludes halogenated alkanes) is 10. The predicted molar refractivity (Wildman–Crippen MR) is 88.8 cm³/mol. The summed E-state index contributed by atoms with van der Waals surface area (Å²) in [4.78, 5) is 2.29. The lowest BCUT2D eigenvalue weighted by molar-refractivity contribution is 0.389. The van der Waals surface area contributed by atoms with Gasteiger partial charge >= 0.3 is 0 Å². The van der Waals surface area contributed by atoms with Crippen molar-refractivity contribution in [3.63, 3.8) is 0 Å². The zero-order valence-electron chi connectivity index (χ0n) is 14.2. The Labute approximate surface area is 123 Å². The summed E-state index contributed by atoms with van der Waals surface area (Å²) in [7, 11) is 4.34. The number of nitrogens with zero attached hydrogens (tertiary/aromatic N) is 1. The van der Waals surface area contributed by atoms with Crippen molar-refractivity contribution in [3.8, 4) is 0 Å². The monoisotopic (exact) mass is 269 g/mol. The second-order valence-corrected chi connectivity index (χ2v) is 6.87. The number of hydrogen-bond donors (Lipinski definition) is 0. The molecule has 0 bridgehead atoms. The minimum atomic E-state index is 0.896. The Balaban J connectivity index is 2.95. The predicted octanol–water partition coefficient (Wildman–Crippen LogP) is 5.89. The van der Waals surface area contributed by atoms with Crippen LogP contribution >= 0.6 is 0 Å². The zero-order chi connectivity index (χ0) is 14.3. The second kappa shape index (κ2) is 14.4. The molecule has 0 rings (SSSR count). The Morgan fingerprint density at radius 1 is 0.579 bits per heavy atom. The van der Waals surface area contributed by atoms with Crippen LogP contribution in [-0.4, -0.2) is 25.5 Å². The first-order chi connectivity index (χ1) is 9.13. The molecule has 0 aliphatic rings. The molecule has 0 saturated heterocycles. The van der Waals surface area contributed by atoms with Gasteiger partial charge in [0.2, 0.25) is 0 Å². The molecule has 0 amide bonds. The van der Waals surface area contributed by atoms with Crippen molar-refractivity contribution in [2.75, 3.05) is 20.6 Å². The summed E-state index contributed by atoms with van der Waals surface area (Å²) in [5, 5.41) is 0. The maximum Gasteiger partial charge on any atom is -0.00248 e. The van der Waals surface area contributed by atoms with Gasteiger partial charge < -0.3 is 4.90 Å². The van der Waals surface area contributed by atoms with Gasteiger partial charge in [-0.2, -0.15) is 0 Å². The van der Waals surface area contributed by atoms with Gasteiger partial charge in [0.05, 0.1) is 0 Å². The van der Waals surface area contributed by atoms with Gasteiger partial charge in [-0.25, -0.2) is 0 Å². The van der Waals surface area contributed by atoms with Crippen LogP contribution in [0.15, 0.2) is 0 Å². The fourth-order valence-electron chi connectivity index (χ4n) is 2.57. The van der Waals surface area contributed by atoms with Crippen LogP contribution in [0.25, 0.3) is 0 Å². The molecular weight excluding hydrogens is 230 g/mol. The van der Waals surface area contributed by atoms with Crippen molar-refractivity contribution in [3.05, 3.63) is 0 Å². The van der Waals surface area contributed by atoms with E-state index in [-0.39, 0.29) is 0 Å².